The van der Waals surface area contributed by atoms with Crippen molar-refractivity contribution in [2.75, 3.05) is 39.9 Å². The summed E-state index contributed by atoms with van der Waals surface area (Å²) in [4.78, 5) is 6.85. The van der Waals surface area contributed by atoms with E-state index >= 15 is 0 Å². The predicted molar refractivity (Wildman–Crippen MR) is 122 cm³/mol. The maximum atomic E-state index is 5.47. The van der Waals surface area contributed by atoms with Crippen LogP contribution in [0.4, 0.5) is 0 Å². The van der Waals surface area contributed by atoms with Gasteiger partial charge in [0.15, 0.2) is 5.96 Å². The Kier molecular flexibility index (Phi) is 7.90. The van der Waals surface area contributed by atoms with Gasteiger partial charge in [-0.2, -0.15) is 0 Å². The number of rotatable bonds is 7. The van der Waals surface area contributed by atoms with Crippen molar-refractivity contribution >= 4 is 5.96 Å². The van der Waals surface area contributed by atoms with Gasteiger partial charge in [-0.3, -0.25) is 9.89 Å². The Labute approximate surface area is 185 Å². The van der Waals surface area contributed by atoms with E-state index in [-0.39, 0.29) is 0 Å². The molecule has 2 aliphatic heterocycles. The maximum absolute atomic E-state index is 5.47. The Morgan fingerprint density at radius 2 is 1.87 bits per heavy atom. The monoisotopic (exact) mass is 425 g/mol. The van der Waals surface area contributed by atoms with Gasteiger partial charge in [0.1, 0.15) is 11.6 Å². The average Bonchev–Trinajstić information content (AvgIpc) is 3.03. The molecule has 2 aliphatic rings. The third-order valence-corrected chi connectivity index (χ3v) is 6.11. The van der Waals surface area contributed by atoms with Crippen molar-refractivity contribution in [1.82, 2.24) is 30.3 Å². The number of aliphatic imine (C=N–C) groups is 1. The van der Waals surface area contributed by atoms with Crippen LogP contribution in [0.3, 0.4) is 0 Å². The number of aryl methyl sites for hydroxylation is 1. The number of nitrogens with one attached hydrogen (secondary N) is 2. The number of hydrogen-bond acceptors (Lipinski definition) is 5. The molecule has 0 atom stereocenters. The van der Waals surface area contributed by atoms with Gasteiger partial charge in [0.25, 0.3) is 0 Å². The summed E-state index contributed by atoms with van der Waals surface area (Å²) in [6, 6.07) is 8.64. The molecule has 1 aromatic heterocycles. The van der Waals surface area contributed by atoms with Gasteiger partial charge < -0.3 is 19.9 Å². The van der Waals surface area contributed by atoms with Crippen LogP contribution in [0.1, 0.15) is 42.0 Å². The Morgan fingerprint density at radius 3 is 2.71 bits per heavy atom. The molecular weight excluding hydrogens is 390 g/mol. The highest BCUT2D eigenvalue weighted by molar-refractivity contribution is 5.79. The molecule has 0 spiro atoms. The van der Waals surface area contributed by atoms with E-state index in [0.717, 1.165) is 82.9 Å². The summed E-state index contributed by atoms with van der Waals surface area (Å²) in [5.74, 6) is 3.04. The molecule has 31 heavy (non-hydrogen) atoms. The van der Waals surface area contributed by atoms with E-state index in [1.807, 2.05) is 7.05 Å². The lowest BCUT2D eigenvalue weighted by atomic mass is 10.1. The quantitative estimate of drug-likeness (QED) is 0.520. The number of nitrogens with zero attached hydrogens (tertiary/aromatic N) is 5. The highest BCUT2D eigenvalue weighted by Crippen LogP contribution is 2.15. The summed E-state index contributed by atoms with van der Waals surface area (Å²) in [7, 11) is 1.82. The first-order chi connectivity index (χ1) is 15.3. The fourth-order valence-corrected chi connectivity index (χ4v) is 4.31. The molecule has 168 valence electrons. The molecule has 8 heteroatoms. The van der Waals surface area contributed by atoms with Crippen molar-refractivity contribution in [3.63, 3.8) is 0 Å². The largest absolute Gasteiger partial charge is 0.379 e. The van der Waals surface area contributed by atoms with Gasteiger partial charge >= 0.3 is 0 Å². The van der Waals surface area contributed by atoms with Crippen molar-refractivity contribution in [3.8, 4) is 0 Å². The van der Waals surface area contributed by atoms with Crippen LogP contribution < -0.4 is 10.6 Å². The lowest BCUT2D eigenvalue weighted by Crippen LogP contribution is -2.39. The second-order valence-corrected chi connectivity index (χ2v) is 8.25. The highest BCUT2D eigenvalue weighted by atomic mass is 16.5. The van der Waals surface area contributed by atoms with Crippen LogP contribution in [-0.2, 0) is 37.2 Å². The SMILES string of the molecule is CN=C(NCCc1nnc2n1CCCCC2)NCc1ccccc1CN1CCOCC1. The lowest BCUT2D eigenvalue weighted by Gasteiger charge is -2.27. The van der Waals surface area contributed by atoms with E-state index in [0.29, 0.717) is 0 Å². The third kappa shape index (κ3) is 6.04. The molecule has 0 radical (unpaired) electrons. The summed E-state index contributed by atoms with van der Waals surface area (Å²) in [5.41, 5.74) is 2.67. The molecule has 1 fully saturated rings. The Bertz CT molecular complexity index is 857. The van der Waals surface area contributed by atoms with Crippen LogP contribution >= 0.6 is 0 Å². The molecule has 3 heterocycles. The molecule has 8 nitrogen and oxygen atoms in total. The second-order valence-electron chi connectivity index (χ2n) is 8.25. The number of guanidine groups is 1. The molecule has 0 amide bonds. The fraction of sp³-hybridized carbons (Fsp3) is 0.609. The summed E-state index contributed by atoms with van der Waals surface area (Å²) in [6.45, 7) is 7.19. The zero-order valence-corrected chi connectivity index (χ0v) is 18.6. The van der Waals surface area contributed by atoms with E-state index in [4.69, 9.17) is 4.74 Å². The molecule has 2 aromatic rings. The topological polar surface area (TPSA) is 79.6 Å². The molecule has 0 bridgehead atoms. The zero-order valence-electron chi connectivity index (χ0n) is 18.6. The zero-order chi connectivity index (χ0) is 21.3. The molecule has 0 unspecified atom stereocenters. The number of morpholine rings is 1. The number of fused-ring (bicyclic) bond motifs is 1. The van der Waals surface area contributed by atoms with Crippen LogP contribution in [0, 0.1) is 0 Å². The Balaban J connectivity index is 1.27. The summed E-state index contributed by atoms with van der Waals surface area (Å²) < 4.78 is 7.79. The van der Waals surface area contributed by atoms with E-state index < -0.39 is 0 Å². The predicted octanol–water partition coefficient (Wildman–Crippen LogP) is 1.74. The van der Waals surface area contributed by atoms with Gasteiger partial charge in [-0.15, -0.1) is 10.2 Å². The first-order valence-corrected chi connectivity index (χ1v) is 11.6. The highest BCUT2D eigenvalue weighted by Gasteiger charge is 2.15. The van der Waals surface area contributed by atoms with Crippen LogP contribution in [0.5, 0.6) is 0 Å². The summed E-state index contributed by atoms with van der Waals surface area (Å²) in [5, 5.41) is 15.7. The lowest BCUT2D eigenvalue weighted by molar-refractivity contribution is 0.0341. The van der Waals surface area contributed by atoms with Gasteiger partial charge in [-0.25, -0.2) is 0 Å². The normalized spacial score (nSPS) is 17.8. The van der Waals surface area contributed by atoms with Crippen LogP contribution in [0.15, 0.2) is 29.3 Å². The van der Waals surface area contributed by atoms with E-state index in [2.05, 4.69) is 59.6 Å². The Morgan fingerprint density at radius 1 is 1.03 bits per heavy atom. The molecule has 0 aliphatic carbocycles. The molecule has 4 rings (SSSR count). The van der Waals surface area contributed by atoms with Gasteiger partial charge in [-0.05, 0) is 24.0 Å². The molecule has 2 N–H and O–H groups in total. The van der Waals surface area contributed by atoms with E-state index in [1.54, 1.807) is 0 Å². The molecule has 1 saturated heterocycles. The molecule has 1 aromatic carbocycles. The van der Waals surface area contributed by atoms with Gasteiger partial charge in [0, 0.05) is 59.2 Å². The summed E-state index contributed by atoms with van der Waals surface area (Å²) >= 11 is 0. The van der Waals surface area contributed by atoms with Crippen molar-refractivity contribution in [1.29, 1.82) is 0 Å². The number of hydrogen-bond donors (Lipinski definition) is 2. The van der Waals surface area contributed by atoms with Crippen molar-refractivity contribution in [2.45, 2.75) is 51.7 Å². The number of benzene rings is 1. The Hall–Kier alpha value is -2.45. The fourth-order valence-electron chi connectivity index (χ4n) is 4.31. The van der Waals surface area contributed by atoms with Crippen LogP contribution in [-0.4, -0.2) is 65.5 Å². The van der Waals surface area contributed by atoms with Crippen LogP contribution in [0.25, 0.3) is 0 Å². The molecular formula is C23H35N7O. The second kappa shape index (κ2) is 11.2. The van der Waals surface area contributed by atoms with Gasteiger partial charge in [0.2, 0.25) is 0 Å². The van der Waals surface area contributed by atoms with Crippen LogP contribution in [0.2, 0.25) is 0 Å². The summed E-state index contributed by atoms with van der Waals surface area (Å²) in [6.07, 6.45) is 5.62. The smallest absolute Gasteiger partial charge is 0.191 e. The number of aromatic nitrogens is 3. The van der Waals surface area contributed by atoms with E-state index in [1.165, 1.54) is 30.4 Å². The van der Waals surface area contributed by atoms with Crippen molar-refractivity contribution in [2.24, 2.45) is 4.99 Å². The minimum Gasteiger partial charge on any atom is -0.379 e. The van der Waals surface area contributed by atoms with Crippen molar-refractivity contribution < 1.29 is 4.74 Å². The standard InChI is InChI=1S/C23H35N7O/c1-24-23(25-11-10-22-28-27-21-9-3-2-6-12-30(21)22)26-17-19-7-4-5-8-20(19)18-29-13-15-31-16-14-29/h4-5,7-8H,2-3,6,9-18H2,1H3,(H2,24,25,26). The van der Waals surface area contributed by atoms with Crippen molar-refractivity contribution in [3.05, 3.63) is 47.0 Å². The van der Waals surface area contributed by atoms with E-state index in [9.17, 15) is 0 Å². The van der Waals surface area contributed by atoms with Gasteiger partial charge in [-0.1, -0.05) is 30.7 Å². The third-order valence-electron chi connectivity index (χ3n) is 6.11. The maximum Gasteiger partial charge on any atom is 0.191 e. The first-order valence-electron chi connectivity index (χ1n) is 11.6. The first kappa shape index (κ1) is 21.8. The molecule has 0 saturated carbocycles. The number of ether oxygens (including phenoxy) is 1. The minimum absolute atomic E-state index is 0.751. The minimum atomic E-state index is 0.751. The average molecular weight is 426 g/mol. The van der Waals surface area contributed by atoms with Gasteiger partial charge in [0.05, 0.1) is 13.2 Å².